The second kappa shape index (κ2) is 5.59. The number of nitrogens with one attached hydrogen (secondary N) is 1. The van der Waals surface area contributed by atoms with E-state index in [4.69, 9.17) is 11.6 Å². The molecular formula is C12H8BrClFNO3S. The average molecular weight is 381 g/mol. The first kappa shape index (κ1) is 15.1. The monoisotopic (exact) mass is 379 g/mol. The topological polar surface area (TPSA) is 66.4 Å². The molecule has 2 N–H and O–H groups in total. The highest BCUT2D eigenvalue weighted by Gasteiger charge is 2.19. The molecule has 0 radical (unpaired) electrons. The van der Waals surface area contributed by atoms with E-state index in [-0.39, 0.29) is 15.6 Å². The molecule has 0 heterocycles. The number of phenolic OH excluding ortho intramolecular Hbond substituents is 1. The molecule has 8 heteroatoms. The van der Waals surface area contributed by atoms with Gasteiger partial charge in [-0.05, 0) is 34.1 Å². The molecule has 0 aliphatic carbocycles. The molecule has 0 atom stereocenters. The van der Waals surface area contributed by atoms with Gasteiger partial charge in [-0.15, -0.1) is 0 Å². The van der Waals surface area contributed by atoms with Crippen LogP contribution in [0.3, 0.4) is 0 Å². The summed E-state index contributed by atoms with van der Waals surface area (Å²) in [6.07, 6.45) is 0. The molecule has 20 heavy (non-hydrogen) atoms. The number of halogens is 3. The molecule has 2 rings (SSSR count). The van der Waals surface area contributed by atoms with Gasteiger partial charge in [0.25, 0.3) is 10.0 Å². The van der Waals surface area contributed by atoms with Crippen molar-refractivity contribution in [2.45, 2.75) is 4.90 Å². The standard InChI is InChI=1S/C12H8BrClFNO3S/c13-7-3-1-2-4-12(7)20(18,19)16-10-5-8(14)9(15)6-11(10)17/h1-6,16-17H. The van der Waals surface area contributed by atoms with Gasteiger partial charge in [0, 0.05) is 10.5 Å². The third-order valence-corrected chi connectivity index (χ3v) is 5.08. The minimum atomic E-state index is -3.93. The van der Waals surface area contributed by atoms with Crippen molar-refractivity contribution in [3.63, 3.8) is 0 Å². The van der Waals surface area contributed by atoms with Gasteiger partial charge in [0.05, 0.1) is 10.7 Å². The Morgan fingerprint density at radius 1 is 1.25 bits per heavy atom. The number of rotatable bonds is 3. The first-order valence-electron chi connectivity index (χ1n) is 5.26. The third kappa shape index (κ3) is 3.05. The van der Waals surface area contributed by atoms with Crippen LogP contribution in [0.1, 0.15) is 0 Å². The zero-order chi connectivity index (χ0) is 14.9. The highest BCUT2D eigenvalue weighted by molar-refractivity contribution is 9.10. The molecule has 0 unspecified atom stereocenters. The van der Waals surface area contributed by atoms with E-state index < -0.39 is 21.6 Å². The van der Waals surface area contributed by atoms with Crippen molar-refractivity contribution in [3.8, 4) is 5.75 Å². The summed E-state index contributed by atoms with van der Waals surface area (Å²) >= 11 is 8.68. The summed E-state index contributed by atoms with van der Waals surface area (Å²) in [5.74, 6) is -1.39. The van der Waals surface area contributed by atoms with Gasteiger partial charge in [0.15, 0.2) is 0 Å². The maximum absolute atomic E-state index is 13.1. The maximum atomic E-state index is 13.1. The second-order valence-corrected chi connectivity index (χ2v) is 6.73. The highest BCUT2D eigenvalue weighted by Crippen LogP contribution is 2.32. The Bertz CT molecular complexity index is 767. The average Bonchev–Trinajstić information content (AvgIpc) is 2.36. The number of aromatic hydroxyl groups is 1. The normalized spacial score (nSPS) is 11.3. The molecule has 0 aliphatic rings. The Kier molecular flexibility index (Phi) is 4.22. The number of phenols is 1. The minimum Gasteiger partial charge on any atom is -0.506 e. The van der Waals surface area contributed by atoms with Gasteiger partial charge in [-0.2, -0.15) is 0 Å². The molecule has 0 amide bonds. The second-order valence-electron chi connectivity index (χ2n) is 3.82. The van der Waals surface area contributed by atoms with Crippen LogP contribution >= 0.6 is 27.5 Å². The number of anilines is 1. The SMILES string of the molecule is O=S(=O)(Nc1cc(Cl)c(F)cc1O)c1ccccc1Br. The molecule has 0 bridgehead atoms. The lowest BCUT2D eigenvalue weighted by atomic mass is 10.3. The van der Waals surface area contributed by atoms with Crippen LogP contribution in [-0.4, -0.2) is 13.5 Å². The molecule has 0 saturated heterocycles. The maximum Gasteiger partial charge on any atom is 0.263 e. The van der Waals surface area contributed by atoms with Crippen LogP contribution < -0.4 is 4.72 Å². The van der Waals surface area contributed by atoms with Crippen LogP contribution in [0.4, 0.5) is 10.1 Å². The van der Waals surface area contributed by atoms with E-state index in [9.17, 15) is 17.9 Å². The molecule has 0 spiro atoms. The Morgan fingerprint density at radius 3 is 2.55 bits per heavy atom. The third-order valence-electron chi connectivity index (χ3n) is 2.41. The number of sulfonamides is 1. The Hall–Kier alpha value is -1.31. The van der Waals surface area contributed by atoms with Crippen LogP contribution in [-0.2, 0) is 10.0 Å². The van der Waals surface area contributed by atoms with Gasteiger partial charge in [-0.3, -0.25) is 4.72 Å². The Labute approximate surface area is 128 Å². The van der Waals surface area contributed by atoms with E-state index in [0.29, 0.717) is 4.47 Å². The van der Waals surface area contributed by atoms with E-state index in [1.54, 1.807) is 18.2 Å². The van der Waals surface area contributed by atoms with E-state index in [2.05, 4.69) is 20.7 Å². The van der Waals surface area contributed by atoms with Crippen LogP contribution in [0.15, 0.2) is 45.8 Å². The quantitative estimate of drug-likeness (QED) is 0.797. The predicted molar refractivity (Wildman–Crippen MR) is 78.0 cm³/mol. The highest BCUT2D eigenvalue weighted by atomic mass is 79.9. The van der Waals surface area contributed by atoms with Crippen LogP contribution in [0.25, 0.3) is 0 Å². The summed E-state index contributed by atoms with van der Waals surface area (Å²) in [5, 5.41) is 9.26. The lowest BCUT2D eigenvalue weighted by Crippen LogP contribution is -2.13. The van der Waals surface area contributed by atoms with Crippen molar-refractivity contribution < 1.29 is 17.9 Å². The van der Waals surface area contributed by atoms with Gasteiger partial charge >= 0.3 is 0 Å². The van der Waals surface area contributed by atoms with Crippen molar-refractivity contribution in [3.05, 3.63) is 51.7 Å². The zero-order valence-electron chi connectivity index (χ0n) is 9.77. The summed E-state index contributed by atoms with van der Waals surface area (Å²) in [4.78, 5) is -0.0140. The Balaban J connectivity index is 2.44. The van der Waals surface area contributed by atoms with E-state index in [0.717, 1.165) is 12.1 Å². The van der Waals surface area contributed by atoms with Crippen LogP contribution in [0, 0.1) is 5.82 Å². The molecular weight excluding hydrogens is 373 g/mol. The lowest BCUT2D eigenvalue weighted by Gasteiger charge is -2.11. The van der Waals surface area contributed by atoms with Gasteiger partial charge in [0.1, 0.15) is 16.5 Å². The number of benzene rings is 2. The van der Waals surface area contributed by atoms with E-state index in [1.165, 1.54) is 6.07 Å². The minimum absolute atomic E-state index is 0.0140. The summed E-state index contributed by atoms with van der Waals surface area (Å²) < 4.78 is 40.0. The van der Waals surface area contributed by atoms with E-state index in [1.807, 2.05) is 0 Å². The van der Waals surface area contributed by atoms with E-state index >= 15 is 0 Å². The molecule has 0 aliphatic heterocycles. The summed E-state index contributed by atoms with van der Waals surface area (Å²) in [5.41, 5.74) is -0.202. The van der Waals surface area contributed by atoms with Crippen molar-refractivity contribution in [2.75, 3.05) is 4.72 Å². The summed E-state index contributed by atoms with van der Waals surface area (Å²) in [6, 6.07) is 7.90. The fraction of sp³-hybridized carbons (Fsp3) is 0. The smallest absolute Gasteiger partial charge is 0.263 e. The molecule has 2 aromatic carbocycles. The fourth-order valence-corrected chi connectivity index (χ4v) is 3.71. The van der Waals surface area contributed by atoms with Gasteiger partial charge < -0.3 is 5.11 Å². The number of hydrogen-bond donors (Lipinski definition) is 2. The van der Waals surface area contributed by atoms with Crippen molar-refractivity contribution in [1.29, 1.82) is 0 Å². The van der Waals surface area contributed by atoms with Gasteiger partial charge in [-0.25, -0.2) is 12.8 Å². The molecule has 106 valence electrons. The van der Waals surface area contributed by atoms with Gasteiger partial charge in [0.2, 0.25) is 0 Å². The first-order valence-corrected chi connectivity index (χ1v) is 7.92. The van der Waals surface area contributed by atoms with Gasteiger partial charge in [-0.1, -0.05) is 23.7 Å². The summed E-state index contributed by atoms with van der Waals surface area (Å²) in [6.45, 7) is 0. The largest absolute Gasteiger partial charge is 0.506 e. The fourth-order valence-electron chi connectivity index (χ4n) is 1.48. The molecule has 0 saturated carbocycles. The van der Waals surface area contributed by atoms with Crippen molar-refractivity contribution in [2.24, 2.45) is 0 Å². The number of hydrogen-bond acceptors (Lipinski definition) is 3. The molecule has 0 aromatic heterocycles. The first-order chi connectivity index (χ1) is 9.31. The molecule has 0 fully saturated rings. The van der Waals surface area contributed by atoms with Crippen molar-refractivity contribution >= 4 is 43.2 Å². The van der Waals surface area contributed by atoms with Crippen LogP contribution in [0.2, 0.25) is 5.02 Å². The zero-order valence-corrected chi connectivity index (χ0v) is 12.9. The predicted octanol–water partition coefficient (Wildman–Crippen LogP) is 3.75. The Morgan fingerprint density at radius 2 is 1.90 bits per heavy atom. The molecule has 4 nitrogen and oxygen atoms in total. The lowest BCUT2D eigenvalue weighted by molar-refractivity contribution is 0.471. The van der Waals surface area contributed by atoms with Crippen LogP contribution in [0.5, 0.6) is 5.75 Å². The summed E-state index contributed by atoms with van der Waals surface area (Å²) in [7, 11) is -3.93. The van der Waals surface area contributed by atoms with Crippen molar-refractivity contribution in [1.82, 2.24) is 0 Å². The molecule has 2 aromatic rings.